The van der Waals surface area contributed by atoms with Gasteiger partial charge in [0.2, 0.25) is 5.91 Å². The zero-order valence-corrected chi connectivity index (χ0v) is 17.1. The molecule has 5 nitrogen and oxygen atoms in total. The second kappa shape index (κ2) is 8.78. The molecule has 0 saturated carbocycles. The predicted octanol–water partition coefficient (Wildman–Crippen LogP) is 4.57. The highest BCUT2D eigenvalue weighted by Gasteiger charge is 2.25. The zero-order chi connectivity index (χ0) is 20.2. The average Bonchev–Trinajstić information content (AvgIpc) is 3.17. The summed E-state index contributed by atoms with van der Waals surface area (Å²) in [6, 6.07) is 16.4. The number of halogens is 1. The fourth-order valence-corrected chi connectivity index (χ4v) is 4.51. The molecular weight excluding hydrogens is 387 g/mol. The van der Waals surface area contributed by atoms with E-state index in [4.69, 9.17) is 0 Å². The van der Waals surface area contributed by atoms with E-state index in [2.05, 4.69) is 17.1 Å². The van der Waals surface area contributed by atoms with E-state index < -0.39 is 0 Å². The normalized spacial score (nSPS) is 16.8. The molecule has 0 aliphatic carbocycles. The van der Waals surface area contributed by atoms with Crippen LogP contribution in [0.3, 0.4) is 0 Å². The smallest absolute Gasteiger partial charge is 0.233 e. The molecule has 0 unspecified atom stereocenters. The molecule has 1 aliphatic heterocycles. The quantitative estimate of drug-likeness (QED) is 0.579. The van der Waals surface area contributed by atoms with Gasteiger partial charge >= 0.3 is 0 Å². The summed E-state index contributed by atoms with van der Waals surface area (Å²) in [6.07, 6.45) is 3.28. The molecule has 3 aromatic rings. The van der Waals surface area contributed by atoms with E-state index in [-0.39, 0.29) is 23.5 Å². The van der Waals surface area contributed by atoms with Crippen LogP contribution in [0.2, 0.25) is 0 Å². The summed E-state index contributed by atoms with van der Waals surface area (Å²) in [7, 11) is 0. The molecular formula is C22H23FN4OS. The first-order valence-electron chi connectivity index (χ1n) is 9.83. The molecule has 2 aromatic carbocycles. The van der Waals surface area contributed by atoms with Crippen molar-refractivity contribution in [2.45, 2.75) is 37.4 Å². The van der Waals surface area contributed by atoms with Gasteiger partial charge in [0, 0.05) is 18.3 Å². The van der Waals surface area contributed by atoms with Crippen molar-refractivity contribution >= 4 is 17.7 Å². The number of piperidine rings is 1. The molecule has 0 spiro atoms. The van der Waals surface area contributed by atoms with Gasteiger partial charge < -0.3 is 4.90 Å². The van der Waals surface area contributed by atoms with Crippen LogP contribution < -0.4 is 0 Å². The Morgan fingerprint density at radius 3 is 2.62 bits per heavy atom. The molecule has 1 aromatic heterocycles. The highest BCUT2D eigenvalue weighted by Crippen LogP contribution is 2.30. The van der Waals surface area contributed by atoms with Crippen molar-refractivity contribution in [3.05, 3.63) is 60.4 Å². The van der Waals surface area contributed by atoms with E-state index in [9.17, 15) is 9.18 Å². The number of rotatable bonds is 5. The summed E-state index contributed by atoms with van der Waals surface area (Å²) in [5, 5.41) is 9.12. The summed E-state index contributed by atoms with van der Waals surface area (Å²) in [6.45, 7) is 2.91. The number of carbonyl (C=O) groups is 1. The minimum atomic E-state index is -0.355. The van der Waals surface area contributed by atoms with Crippen molar-refractivity contribution in [3.8, 4) is 17.1 Å². The van der Waals surface area contributed by atoms with Gasteiger partial charge in [-0.05, 0) is 50.5 Å². The van der Waals surface area contributed by atoms with Gasteiger partial charge in [-0.15, -0.1) is 10.2 Å². The maximum atomic E-state index is 14.4. The fraction of sp³-hybridized carbons (Fsp3) is 0.318. The SMILES string of the molecule is C[C@@H]1CCCCN1C(=O)CSc1nnc(-c2ccccc2F)n1-c1ccccc1. The monoisotopic (exact) mass is 410 g/mol. The van der Waals surface area contributed by atoms with Gasteiger partial charge in [0.1, 0.15) is 5.82 Å². The van der Waals surface area contributed by atoms with Crippen LogP contribution in [0.25, 0.3) is 17.1 Å². The van der Waals surface area contributed by atoms with E-state index in [0.717, 1.165) is 25.1 Å². The summed E-state index contributed by atoms with van der Waals surface area (Å²) < 4.78 is 16.2. The summed E-state index contributed by atoms with van der Waals surface area (Å²) in [4.78, 5) is 14.7. The number of benzene rings is 2. The van der Waals surface area contributed by atoms with Crippen LogP contribution in [0.15, 0.2) is 59.8 Å². The highest BCUT2D eigenvalue weighted by atomic mass is 32.2. The minimum Gasteiger partial charge on any atom is -0.339 e. The molecule has 0 radical (unpaired) electrons. The van der Waals surface area contributed by atoms with Gasteiger partial charge in [-0.3, -0.25) is 9.36 Å². The third-order valence-electron chi connectivity index (χ3n) is 5.21. The number of thioether (sulfide) groups is 1. The van der Waals surface area contributed by atoms with Crippen molar-refractivity contribution in [2.24, 2.45) is 0 Å². The van der Waals surface area contributed by atoms with Crippen LogP contribution >= 0.6 is 11.8 Å². The Kier molecular flexibility index (Phi) is 5.94. The highest BCUT2D eigenvalue weighted by molar-refractivity contribution is 7.99. The Balaban J connectivity index is 1.64. The van der Waals surface area contributed by atoms with Crippen molar-refractivity contribution < 1.29 is 9.18 Å². The molecule has 4 rings (SSSR count). The number of hydrogen-bond acceptors (Lipinski definition) is 4. The molecule has 1 amide bonds. The maximum Gasteiger partial charge on any atom is 0.233 e. The molecule has 2 heterocycles. The lowest BCUT2D eigenvalue weighted by Gasteiger charge is -2.33. The first-order chi connectivity index (χ1) is 14.1. The molecule has 29 heavy (non-hydrogen) atoms. The predicted molar refractivity (Wildman–Crippen MR) is 113 cm³/mol. The van der Waals surface area contributed by atoms with Crippen molar-refractivity contribution in [1.29, 1.82) is 0 Å². The third kappa shape index (κ3) is 4.19. The number of nitrogens with zero attached hydrogens (tertiary/aromatic N) is 4. The molecule has 0 N–H and O–H groups in total. The van der Waals surface area contributed by atoms with Gasteiger partial charge in [0.05, 0.1) is 11.3 Å². The lowest BCUT2D eigenvalue weighted by atomic mass is 10.0. The van der Waals surface area contributed by atoms with Gasteiger partial charge in [-0.1, -0.05) is 42.1 Å². The summed E-state index contributed by atoms with van der Waals surface area (Å²) in [5.41, 5.74) is 1.21. The van der Waals surface area contributed by atoms with E-state index >= 15 is 0 Å². The Labute approximate surface area is 173 Å². The van der Waals surface area contributed by atoms with E-state index in [0.29, 0.717) is 16.5 Å². The zero-order valence-electron chi connectivity index (χ0n) is 16.3. The number of hydrogen-bond donors (Lipinski definition) is 0. The number of likely N-dealkylation sites (tertiary alicyclic amines) is 1. The third-order valence-corrected chi connectivity index (χ3v) is 6.12. The van der Waals surface area contributed by atoms with E-state index in [1.165, 1.54) is 24.2 Å². The topological polar surface area (TPSA) is 51.0 Å². The Morgan fingerprint density at radius 1 is 1.10 bits per heavy atom. The standard InChI is InChI=1S/C22H23FN4OS/c1-16-9-7-8-14-26(16)20(28)15-29-22-25-24-21(18-12-5-6-13-19(18)23)27(22)17-10-3-2-4-11-17/h2-6,10-13,16H,7-9,14-15H2,1H3/t16-/m1/s1. The van der Waals surface area contributed by atoms with E-state index in [1.807, 2.05) is 39.8 Å². The Hall–Kier alpha value is -2.67. The van der Waals surface area contributed by atoms with E-state index in [1.54, 1.807) is 18.2 Å². The molecule has 150 valence electrons. The van der Waals surface area contributed by atoms with Gasteiger partial charge in [0.15, 0.2) is 11.0 Å². The Morgan fingerprint density at radius 2 is 1.86 bits per heavy atom. The van der Waals surface area contributed by atoms with Crippen molar-refractivity contribution in [2.75, 3.05) is 12.3 Å². The minimum absolute atomic E-state index is 0.109. The van der Waals surface area contributed by atoms with Crippen molar-refractivity contribution in [3.63, 3.8) is 0 Å². The largest absolute Gasteiger partial charge is 0.339 e. The van der Waals surface area contributed by atoms with Crippen LogP contribution in [0, 0.1) is 5.82 Å². The molecule has 1 fully saturated rings. The molecule has 1 atom stereocenters. The summed E-state index contributed by atoms with van der Waals surface area (Å²) >= 11 is 1.34. The number of carbonyl (C=O) groups excluding carboxylic acids is 1. The van der Waals surface area contributed by atoms with Crippen LogP contribution in [0.4, 0.5) is 4.39 Å². The number of amides is 1. The van der Waals surface area contributed by atoms with Crippen LogP contribution in [0.5, 0.6) is 0 Å². The van der Waals surface area contributed by atoms with Gasteiger partial charge in [-0.2, -0.15) is 0 Å². The second-order valence-electron chi connectivity index (χ2n) is 7.18. The van der Waals surface area contributed by atoms with Crippen LogP contribution in [0.1, 0.15) is 26.2 Å². The number of aromatic nitrogens is 3. The van der Waals surface area contributed by atoms with Gasteiger partial charge in [0.25, 0.3) is 0 Å². The molecule has 1 aliphatic rings. The average molecular weight is 411 g/mol. The number of para-hydroxylation sites is 1. The summed E-state index contributed by atoms with van der Waals surface area (Å²) in [5.74, 6) is 0.465. The molecule has 1 saturated heterocycles. The van der Waals surface area contributed by atoms with Crippen LogP contribution in [-0.2, 0) is 4.79 Å². The van der Waals surface area contributed by atoms with Crippen molar-refractivity contribution in [1.82, 2.24) is 19.7 Å². The Bertz CT molecular complexity index is 991. The first kappa shape index (κ1) is 19.6. The maximum absolute atomic E-state index is 14.4. The lowest BCUT2D eigenvalue weighted by molar-refractivity contribution is -0.131. The first-order valence-corrected chi connectivity index (χ1v) is 10.8. The fourth-order valence-electron chi connectivity index (χ4n) is 3.67. The molecule has 7 heteroatoms. The lowest BCUT2D eigenvalue weighted by Crippen LogP contribution is -2.42. The molecule has 0 bridgehead atoms. The van der Waals surface area contributed by atoms with Gasteiger partial charge in [-0.25, -0.2) is 4.39 Å². The second-order valence-corrected chi connectivity index (χ2v) is 8.12. The van der Waals surface area contributed by atoms with Crippen LogP contribution in [-0.4, -0.2) is 43.9 Å².